The average molecular weight is 277 g/mol. The monoisotopic (exact) mass is 277 g/mol. The molecule has 3 nitrogen and oxygen atoms in total. The minimum atomic E-state index is -0.699. The molecule has 0 unspecified atom stereocenters. The Morgan fingerprint density at radius 1 is 1.15 bits per heavy atom. The van der Waals surface area contributed by atoms with Gasteiger partial charge < -0.3 is 10.1 Å². The Labute approximate surface area is 115 Å². The molecular weight excluding hydrogens is 264 g/mol. The summed E-state index contributed by atoms with van der Waals surface area (Å²) in [6, 6.07) is 9.99. The van der Waals surface area contributed by atoms with Crippen molar-refractivity contribution in [1.29, 1.82) is 0 Å². The number of amides is 1. The van der Waals surface area contributed by atoms with Crippen molar-refractivity contribution in [3.8, 4) is 5.75 Å². The number of halogens is 2. The molecule has 0 spiro atoms. The number of ether oxygens (including phenoxy) is 1. The Kier molecular flexibility index (Phi) is 4.30. The van der Waals surface area contributed by atoms with Gasteiger partial charge in [-0.25, -0.2) is 8.78 Å². The molecule has 0 aliphatic rings. The lowest BCUT2D eigenvalue weighted by Crippen LogP contribution is -2.20. The molecule has 0 radical (unpaired) electrons. The first-order valence-corrected chi connectivity index (χ1v) is 5.99. The van der Waals surface area contributed by atoms with Crippen LogP contribution in [0.15, 0.2) is 42.5 Å². The average Bonchev–Trinajstić information content (AvgIpc) is 2.42. The number of hydrogen-bond acceptors (Lipinski definition) is 2. The summed E-state index contributed by atoms with van der Waals surface area (Å²) in [6.45, 7) is 1.65. The van der Waals surface area contributed by atoms with Gasteiger partial charge in [-0.15, -0.1) is 0 Å². The third-order valence-electron chi connectivity index (χ3n) is 2.59. The molecule has 5 heteroatoms. The maximum atomic E-state index is 13.3. The van der Waals surface area contributed by atoms with Crippen molar-refractivity contribution in [2.24, 2.45) is 0 Å². The predicted octanol–water partition coefficient (Wildman–Crippen LogP) is 3.29. The normalized spacial score (nSPS) is 10.2. The highest BCUT2D eigenvalue weighted by Crippen LogP contribution is 2.15. The fourth-order valence-corrected chi connectivity index (χ4v) is 1.56. The van der Waals surface area contributed by atoms with Crippen LogP contribution in [0.4, 0.5) is 14.5 Å². The number of rotatable bonds is 4. The van der Waals surface area contributed by atoms with E-state index in [4.69, 9.17) is 4.74 Å². The van der Waals surface area contributed by atoms with Crippen molar-refractivity contribution in [3.05, 3.63) is 59.7 Å². The van der Waals surface area contributed by atoms with Gasteiger partial charge in [0.2, 0.25) is 0 Å². The molecule has 1 N–H and O–H groups in total. The SMILES string of the molecule is Cc1ccc(OCC(=O)Nc2cc(F)ccc2F)cc1. The lowest BCUT2D eigenvalue weighted by atomic mass is 10.2. The van der Waals surface area contributed by atoms with Gasteiger partial charge in [0.15, 0.2) is 6.61 Å². The minimum absolute atomic E-state index is 0.206. The lowest BCUT2D eigenvalue weighted by molar-refractivity contribution is -0.118. The molecule has 1 amide bonds. The third kappa shape index (κ3) is 3.78. The molecule has 0 heterocycles. The summed E-state index contributed by atoms with van der Waals surface area (Å²) >= 11 is 0. The highest BCUT2D eigenvalue weighted by Gasteiger charge is 2.08. The van der Waals surface area contributed by atoms with Crippen LogP contribution in [0, 0.1) is 18.6 Å². The molecule has 0 bridgehead atoms. The van der Waals surface area contributed by atoms with Crippen molar-refractivity contribution in [3.63, 3.8) is 0 Å². The molecule has 0 fully saturated rings. The largest absolute Gasteiger partial charge is 0.484 e. The molecule has 0 aromatic heterocycles. The highest BCUT2D eigenvalue weighted by atomic mass is 19.1. The van der Waals surface area contributed by atoms with Gasteiger partial charge in [0.05, 0.1) is 5.69 Å². The lowest BCUT2D eigenvalue weighted by Gasteiger charge is -2.08. The summed E-state index contributed by atoms with van der Waals surface area (Å²) < 4.78 is 31.5. The molecule has 0 saturated heterocycles. The van der Waals surface area contributed by atoms with Crippen LogP contribution in [0.5, 0.6) is 5.75 Å². The van der Waals surface area contributed by atoms with Gasteiger partial charge in [-0.05, 0) is 31.2 Å². The Balaban J connectivity index is 1.92. The number of benzene rings is 2. The topological polar surface area (TPSA) is 38.3 Å². The second-order valence-electron chi connectivity index (χ2n) is 4.27. The predicted molar refractivity (Wildman–Crippen MR) is 71.7 cm³/mol. The van der Waals surface area contributed by atoms with Crippen LogP contribution in [0.2, 0.25) is 0 Å². The molecule has 2 aromatic carbocycles. The zero-order chi connectivity index (χ0) is 14.5. The zero-order valence-electron chi connectivity index (χ0n) is 10.8. The first-order chi connectivity index (χ1) is 9.54. The van der Waals surface area contributed by atoms with Crippen molar-refractivity contribution in [2.45, 2.75) is 6.92 Å². The summed E-state index contributed by atoms with van der Waals surface area (Å²) in [5.74, 6) is -1.35. The minimum Gasteiger partial charge on any atom is -0.484 e. The molecule has 0 aliphatic heterocycles. The molecule has 2 aromatic rings. The fraction of sp³-hybridized carbons (Fsp3) is 0.133. The van der Waals surface area contributed by atoms with E-state index in [0.717, 1.165) is 23.8 Å². The van der Waals surface area contributed by atoms with Crippen molar-refractivity contribution in [2.75, 3.05) is 11.9 Å². The van der Waals surface area contributed by atoms with Gasteiger partial charge in [-0.2, -0.15) is 0 Å². The fourth-order valence-electron chi connectivity index (χ4n) is 1.56. The molecular formula is C15H13F2NO2. The van der Waals surface area contributed by atoms with Crippen LogP contribution in [0.3, 0.4) is 0 Å². The maximum Gasteiger partial charge on any atom is 0.262 e. The number of anilines is 1. The summed E-state index contributed by atoms with van der Waals surface area (Å²) in [4.78, 5) is 11.6. The van der Waals surface area contributed by atoms with Gasteiger partial charge in [0.25, 0.3) is 5.91 Å². The molecule has 0 aliphatic carbocycles. The van der Waals surface area contributed by atoms with Crippen molar-refractivity contribution < 1.29 is 18.3 Å². The summed E-state index contributed by atoms with van der Waals surface area (Å²) in [5.41, 5.74) is 0.867. The Morgan fingerprint density at radius 3 is 2.55 bits per heavy atom. The number of nitrogens with one attached hydrogen (secondary N) is 1. The van der Waals surface area contributed by atoms with Crippen LogP contribution in [-0.4, -0.2) is 12.5 Å². The van der Waals surface area contributed by atoms with Crippen LogP contribution in [0.25, 0.3) is 0 Å². The first kappa shape index (κ1) is 14.0. The van der Waals surface area contributed by atoms with Gasteiger partial charge in [-0.1, -0.05) is 17.7 Å². The van der Waals surface area contributed by atoms with E-state index in [1.54, 1.807) is 12.1 Å². The van der Waals surface area contributed by atoms with E-state index in [0.29, 0.717) is 5.75 Å². The van der Waals surface area contributed by atoms with E-state index >= 15 is 0 Å². The van der Waals surface area contributed by atoms with Crippen LogP contribution >= 0.6 is 0 Å². The summed E-state index contributed by atoms with van der Waals surface area (Å²) in [6.07, 6.45) is 0. The van der Waals surface area contributed by atoms with Gasteiger partial charge in [-0.3, -0.25) is 4.79 Å². The molecule has 2 rings (SSSR count). The maximum absolute atomic E-state index is 13.3. The van der Waals surface area contributed by atoms with Gasteiger partial charge in [0, 0.05) is 6.07 Å². The van der Waals surface area contributed by atoms with E-state index in [1.165, 1.54) is 0 Å². The number of aryl methyl sites for hydroxylation is 1. The van der Waals surface area contributed by atoms with Gasteiger partial charge in [0.1, 0.15) is 17.4 Å². The van der Waals surface area contributed by atoms with Crippen LogP contribution in [0.1, 0.15) is 5.56 Å². The second-order valence-corrected chi connectivity index (χ2v) is 4.27. The standard InChI is InChI=1S/C15H13F2NO2/c1-10-2-5-12(6-3-10)20-9-15(19)18-14-8-11(16)4-7-13(14)17/h2-8H,9H2,1H3,(H,18,19). The van der Waals surface area contributed by atoms with Crippen molar-refractivity contribution in [1.82, 2.24) is 0 Å². The smallest absolute Gasteiger partial charge is 0.262 e. The summed E-state index contributed by atoms with van der Waals surface area (Å²) in [7, 11) is 0. The van der Waals surface area contributed by atoms with E-state index in [2.05, 4.69) is 5.32 Å². The first-order valence-electron chi connectivity index (χ1n) is 5.99. The Bertz CT molecular complexity index is 612. The van der Waals surface area contributed by atoms with Crippen molar-refractivity contribution >= 4 is 11.6 Å². The number of carbonyl (C=O) groups is 1. The van der Waals surface area contributed by atoms with Crippen LogP contribution < -0.4 is 10.1 Å². The summed E-state index contributed by atoms with van der Waals surface area (Å²) in [5, 5.41) is 2.25. The Hall–Kier alpha value is -2.43. The van der Waals surface area contributed by atoms with E-state index in [1.807, 2.05) is 19.1 Å². The Morgan fingerprint density at radius 2 is 1.85 bits per heavy atom. The van der Waals surface area contributed by atoms with Gasteiger partial charge >= 0.3 is 0 Å². The third-order valence-corrected chi connectivity index (χ3v) is 2.59. The molecule has 0 atom stereocenters. The van der Waals surface area contributed by atoms with E-state index in [9.17, 15) is 13.6 Å². The van der Waals surface area contributed by atoms with E-state index in [-0.39, 0.29) is 12.3 Å². The quantitative estimate of drug-likeness (QED) is 0.931. The van der Waals surface area contributed by atoms with Crippen LogP contribution in [-0.2, 0) is 4.79 Å². The molecule has 0 saturated carbocycles. The molecule has 20 heavy (non-hydrogen) atoms. The second kappa shape index (κ2) is 6.14. The number of carbonyl (C=O) groups excluding carboxylic acids is 1. The zero-order valence-corrected chi connectivity index (χ0v) is 10.8. The highest BCUT2D eigenvalue weighted by molar-refractivity contribution is 5.91. The van der Waals surface area contributed by atoms with E-state index < -0.39 is 17.5 Å². The molecule has 104 valence electrons. The number of hydrogen-bond donors (Lipinski definition) is 1.